The van der Waals surface area contributed by atoms with Crippen LogP contribution in [0.2, 0.25) is 0 Å². The molecular formula is C25H23F3O. The molecule has 0 N–H and O–H groups in total. The summed E-state index contributed by atoms with van der Waals surface area (Å²) in [7, 11) is 0. The lowest BCUT2D eigenvalue weighted by atomic mass is 10.0. The second-order valence-corrected chi connectivity index (χ2v) is 6.76. The summed E-state index contributed by atoms with van der Waals surface area (Å²) in [6.45, 7) is 4.34. The lowest BCUT2D eigenvalue weighted by Gasteiger charge is -2.09. The zero-order chi connectivity index (χ0) is 20.8. The van der Waals surface area contributed by atoms with Crippen LogP contribution in [0.1, 0.15) is 37.0 Å². The van der Waals surface area contributed by atoms with Gasteiger partial charge in [0.05, 0.1) is 0 Å². The van der Waals surface area contributed by atoms with E-state index < -0.39 is 23.0 Å². The Morgan fingerprint density at radius 1 is 0.966 bits per heavy atom. The monoisotopic (exact) mass is 396 g/mol. The minimum absolute atomic E-state index is 0.0922. The van der Waals surface area contributed by atoms with Crippen molar-refractivity contribution in [2.75, 3.05) is 6.61 Å². The van der Waals surface area contributed by atoms with E-state index in [0.29, 0.717) is 17.7 Å². The molecule has 0 atom stereocenters. The third-order valence-corrected chi connectivity index (χ3v) is 4.68. The van der Waals surface area contributed by atoms with Crippen LogP contribution in [0.5, 0.6) is 5.75 Å². The fourth-order valence-corrected chi connectivity index (χ4v) is 3.12. The van der Waals surface area contributed by atoms with Gasteiger partial charge in [0, 0.05) is 16.5 Å². The molecule has 0 amide bonds. The Hall–Kier alpha value is -3.01. The van der Waals surface area contributed by atoms with E-state index in [0.717, 1.165) is 18.4 Å². The van der Waals surface area contributed by atoms with Crippen molar-refractivity contribution in [1.29, 1.82) is 0 Å². The molecule has 0 radical (unpaired) electrons. The summed E-state index contributed by atoms with van der Waals surface area (Å²) in [4.78, 5) is 0. The van der Waals surface area contributed by atoms with Crippen molar-refractivity contribution >= 4 is 22.4 Å². The average molecular weight is 396 g/mol. The molecule has 0 spiro atoms. The van der Waals surface area contributed by atoms with Crippen molar-refractivity contribution in [3.05, 3.63) is 89.3 Å². The third-order valence-electron chi connectivity index (χ3n) is 4.68. The molecule has 29 heavy (non-hydrogen) atoms. The van der Waals surface area contributed by atoms with Crippen LogP contribution in [0, 0.1) is 5.82 Å². The largest absolute Gasteiger partial charge is 0.490 e. The summed E-state index contributed by atoms with van der Waals surface area (Å²) in [5.74, 6) is -2.49. The molecule has 0 fully saturated rings. The number of ether oxygens (including phenoxy) is 1. The van der Waals surface area contributed by atoms with E-state index in [9.17, 15) is 13.2 Å². The van der Waals surface area contributed by atoms with Crippen LogP contribution in [0.25, 0.3) is 22.4 Å². The molecule has 0 aliphatic heterocycles. The van der Waals surface area contributed by atoms with E-state index in [-0.39, 0.29) is 10.9 Å². The van der Waals surface area contributed by atoms with Crippen molar-refractivity contribution < 1.29 is 17.9 Å². The summed E-state index contributed by atoms with van der Waals surface area (Å²) in [6, 6.07) is 14.2. The van der Waals surface area contributed by atoms with Gasteiger partial charge in [0.2, 0.25) is 0 Å². The SMILES string of the molecule is CC=CCOc1ccc2c(F)c(C(F)=C(F)c3ccc(CCC)cc3)ccc2c1. The number of benzene rings is 3. The number of rotatable bonds is 7. The highest BCUT2D eigenvalue weighted by atomic mass is 19.2. The van der Waals surface area contributed by atoms with Gasteiger partial charge < -0.3 is 4.74 Å². The highest BCUT2D eigenvalue weighted by Crippen LogP contribution is 2.34. The molecule has 1 nitrogen and oxygen atoms in total. The maximum atomic E-state index is 14.9. The van der Waals surface area contributed by atoms with Crippen LogP contribution in [-0.4, -0.2) is 6.61 Å². The smallest absolute Gasteiger partial charge is 0.169 e. The van der Waals surface area contributed by atoms with Crippen molar-refractivity contribution in [2.45, 2.75) is 26.7 Å². The zero-order valence-corrected chi connectivity index (χ0v) is 16.5. The standard InChI is InChI=1S/C25H23F3O/c1-3-5-15-29-20-12-14-21-19(16-20)11-13-22(24(21)27)25(28)23(26)18-9-7-17(6-4-2)8-10-18/h3,5,7-14,16H,4,6,15H2,1-2H3. The fraction of sp³-hybridized carbons (Fsp3) is 0.200. The average Bonchev–Trinajstić information content (AvgIpc) is 2.74. The highest BCUT2D eigenvalue weighted by Gasteiger charge is 2.17. The first-order valence-electron chi connectivity index (χ1n) is 9.66. The number of fused-ring (bicyclic) bond motifs is 1. The number of halogens is 3. The van der Waals surface area contributed by atoms with Gasteiger partial charge in [0.1, 0.15) is 18.2 Å². The van der Waals surface area contributed by atoms with Gasteiger partial charge in [0.15, 0.2) is 11.7 Å². The van der Waals surface area contributed by atoms with E-state index in [2.05, 4.69) is 0 Å². The molecule has 3 aromatic rings. The minimum Gasteiger partial charge on any atom is -0.490 e. The molecule has 0 unspecified atom stereocenters. The third kappa shape index (κ3) is 4.70. The van der Waals surface area contributed by atoms with Crippen molar-refractivity contribution in [3.8, 4) is 5.75 Å². The maximum Gasteiger partial charge on any atom is 0.169 e. The molecule has 3 aromatic carbocycles. The second kappa shape index (κ2) is 9.46. The van der Waals surface area contributed by atoms with Crippen LogP contribution < -0.4 is 4.74 Å². The van der Waals surface area contributed by atoms with Gasteiger partial charge in [-0.05, 0) is 48.6 Å². The molecule has 0 bridgehead atoms. The molecule has 0 heterocycles. The van der Waals surface area contributed by atoms with Gasteiger partial charge in [-0.15, -0.1) is 0 Å². The molecule has 0 aliphatic rings. The van der Waals surface area contributed by atoms with Crippen molar-refractivity contribution in [2.24, 2.45) is 0 Å². The number of hydrogen-bond acceptors (Lipinski definition) is 1. The summed E-state index contributed by atoms with van der Waals surface area (Å²) in [5.41, 5.74) is 0.749. The van der Waals surface area contributed by atoms with Gasteiger partial charge in [-0.1, -0.05) is 55.8 Å². The van der Waals surface area contributed by atoms with Crippen LogP contribution in [-0.2, 0) is 6.42 Å². The van der Waals surface area contributed by atoms with Crippen LogP contribution in [0.15, 0.2) is 66.7 Å². The predicted molar refractivity (Wildman–Crippen MR) is 114 cm³/mol. The fourth-order valence-electron chi connectivity index (χ4n) is 3.12. The maximum absolute atomic E-state index is 14.9. The Labute approximate surface area is 169 Å². The van der Waals surface area contributed by atoms with Crippen molar-refractivity contribution in [1.82, 2.24) is 0 Å². The summed E-state index contributed by atoms with van der Waals surface area (Å²) < 4.78 is 49.9. The van der Waals surface area contributed by atoms with E-state index in [1.54, 1.807) is 30.3 Å². The van der Waals surface area contributed by atoms with Gasteiger partial charge in [-0.3, -0.25) is 0 Å². The van der Waals surface area contributed by atoms with Crippen LogP contribution in [0.4, 0.5) is 13.2 Å². The van der Waals surface area contributed by atoms with Gasteiger partial charge in [0.25, 0.3) is 0 Å². The van der Waals surface area contributed by atoms with E-state index in [4.69, 9.17) is 4.74 Å². The quantitative estimate of drug-likeness (QED) is 0.294. The molecule has 4 heteroatoms. The number of aryl methyl sites for hydroxylation is 1. The topological polar surface area (TPSA) is 9.23 Å². The van der Waals surface area contributed by atoms with E-state index in [1.807, 2.05) is 26.0 Å². The Bertz CT molecular complexity index is 1050. The minimum atomic E-state index is -1.21. The lowest BCUT2D eigenvalue weighted by Crippen LogP contribution is -1.95. The molecule has 0 saturated carbocycles. The first kappa shape index (κ1) is 20.7. The molecule has 3 rings (SSSR count). The second-order valence-electron chi connectivity index (χ2n) is 6.76. The van der Waals surface area contributed by atoms with E-state index in [1.165, 1.54) is 24.3 Å². The lowest BCUT2D eigenvalue weighted by molar-refractivity contribution is 0.363. The molecular weight excluding hydrogens is 373 g/mol. The van der Waals surface area contributed by atoms with Gasteiger partial charge >= 0.3 is 0 Å². The summed E-state index contributed by atoms with van der Waals surface area (Å²) in [6.07, 6.45) is 5.56. The predicted octanol–water partition coefficient (Wildman–Crippen LogP) is 7.65. The molecule has 0 aromatic heterocycles. The molecule has 0 saturated heterocycles. The zero-order valence-electron chi connectivity index (χ0n) is 16.5. The molecule has 0 aliphatic carbocycles. The Morgan fingerprint density at radius 3 is 2.41 bits per heavy atom. The Balaban J connectivity index is 1.94. The van der Waals surface area contributed by atoms with E-state index >= 15 is 0 Å². The molecule has 150 valence electrons. The Kier molecular flexibility index (Phi) is 6.76. The summed E-state index contributed by atoms with van der Waals surface area (Å²) >= 11 is 0. The highest BCUT2D eigenvalue weighted by molar-refractivity contribution is 5.91. The first-order valence-corrected chi connectivity index (χ1v) is 9.66. The van der Waals surface area contributed by atoms with Crippen LogP contribution in [0.3, 0.4) is 0 Å². The number of hydrogen-bond donors (Lipinski definition) is 0. The normalized spacial score (nSPS) is 12.4. The number of allylic oxidation sites excluding steroid dienone is 1. The van der Waals surface area contributed by atoms with Gasteiger partial charge in [-0.25, -0.2) is 13.2 Å². The summed E-state index contributed by atoms with van der Waals surface area (Å²) in [5, 5.41) is 0.767. The first-order chi connectivity index (χ1) is 14.0. The van der Waals surface area contributed by atoms with Crippen molar-refractivity contribution in [3.63, 3.8) is 0 Å². The Morgan fingerprint density at radius 2 is 1.72 bits per heavy atom. The van der Waals surface area contributed by atoms with Gasteiger partial charge in [-0.2, -0.15) is 0 Å². The van der Waals surface area contributed by atoms with Crippen LogP contribution >= 0.6 is 0 Å².